The monoisotopic (exact) mass is 661 g/mol. The van der Waals surface area contributed by atoms with Crippen LogP contribution in [-0.2, 0) is 11.2 Å². The van der Waals surface area contributed by atoms with Crippen LogP contribution in [0.5, 0.6) is 0 Å². The van der Waals surface area contributed by atoms with Gasteiger partial charge in [0.25, 0.3) is 0 Å². The van der Waals surface area contributed by atoms with Crippen molar-refractivity contribution in [2.45, 2.75) is 70.9 Å². The third-order valence-corrected chi connectivity index (χ3v) is 8.39. The van der Waals surface area contributed by atoms with Crippen molar-refractivity contribution >= 4 is 29.1 Å². The lowest BCUT2D eigenvalue weighted by molar-refractivity contribution is -0.122. The fourth-order valence-corrected chi connectivity index (χ4v) is 5.51. The number of anilines is 2. The Labute approximate surface area is 291 Å². The van der Waals surface area contributed by atoms with Crippen molar-refractivity contribution in [1.29, 1.82) is 0 Å². The molecule has 258 valence electrons. The maximum absolute atomic E-state index is 13.6. The van der Waals surface area contributed by atoms with E-state index in [0.717, 1.165) is 35.2 Å². The molecule has 0 fully saturated rings. The van der Waals surface area contributed by atoms with Gasteiger partial charge >= 0.3 is 6.03 Å². The summed E-state index contributed by atoms with van der Waals surface area (Å²) >= 11 is 0. The number of nitrogens with zero attached hydrogens (tertiary/aromatic N) is 1. The van der Waals surface area contributed by atoms with Gasteiger partial charge in [0.1, 0.15) is 6.04 Å². The van der Waals surface area contributed by atoms with E-state index in [1.54, 1.807) is 30.1 Å². The van der Waals surface area contributed by atoms with Crippen LogP contribution in [0.2, 0.25) is 0 Å². The highest BCUT2D eigenvalue weighted by atomic mass is 16.2. The first-order valence-corrected chi connectivity index (χ1v) is 17.3. The van der Waals surface area contributed by atoms with Crippen molar-refractivity contribution in [3.63, 3.8) is 0 Å². The molecule has 5 N–H and O–H groups in total. The number of urea groups is 1. The minimum absolute atomic E-state index is 0.120. The minimum atomic E-state index is -0.667. The van der Waals surface area contributed by atoms with Crippen LogP contribution in [0.15, 0.2) is 103 Å². The largest absolute Gasteiger partial charge is 0.373 e. The third-order valence-electron chi connectivity index (χ3n) is 8.39. The normalized spacial score (nSPS) is 11.8. The Kier molecular flexibility index (Phi) is 13.5. The van der Waals surface area contributed by atoms with Crippen molar-refractivity contribution in [1.82, 2.24) is 10.6 Å². The average molecular weight is 662 g/mol. The van der Waals surface area contributed by atoms with E-state index in [0.29, 0.717) is 36.3 Å². The van der Waals surface area contributed by atoms with Gasteiger partial charge in [0.15, 0.2) is 5.78 Å². The summed E-state index contributed by atoms with van der Waals surface area (Å²) in [4.78, 5) is 41.4. The molecule has 0 spiro atoms. The van der Waals surface area contributed by atoms with Crippen LogP contribution in [0.4, 0.5) is 16.2 Å². The van der Waals surface area contributed by atoms with E-state index in [4.69, 9.17) is 5.73 Å². The highest BCUT2D eigenvalue weighted by molar-refractivity contribution is 6.12. The summed E-state index contributed by atoms with van der Waals surface area (Å²) in [6.45, 7) is 6.88. The van der Waals surface area contributed by atoms with Crippen molar-refractivity contribution in [2.24, 2.45) is 5.73 Å². The Morgan fingerprint density at radius 3 is 2.18 bits per heavy atom. The molecule has 0 saturated heterocycles. The second-order valence-electron chi connectivity index (χ2n) is 13.3. The molecule has 0 unspecified atom stereocenters. The lowest BCUT2D eigenvalue weighted by atomic mass is 9.98. The number of hydrogen-bond acceptors (Lipinski definition) is 5. The second kappa shape index (κ2) is 18.0. The van der Waals surface area contributed by atoms with Gasteiger partial charge < -0.3 is 21.7 Å². The van der Waals surface area contributed by atoms with Crippen LogP contribution in [0, 0.1) is 0 Å². The highest BCUT2D eigenvalue weighted by Gasteiger charge is 2.24. The number of rotatable bonds is 17. The van der Waals surface area contributed by atoms with Gasteiger partial charge in [-0.1, -0.05) is 111 Å². The van der Waals surface area contributed by atoms with Crippen molar-refractivity contribution in [3.05, 3.63) is 120 Å². The Balaban J connectivity index is 1.48. The maximum atomic E-state index is 13.6. The van der Waals surface area contributed by atoms with Crippen LogP contribution in [0.1, 0.15) is 74.4 Å². The summed E-state index contributed by atoms with van der Waals surface area (Å²) in [5, 5.41) is 9.38. The van der Waals surface area contributed by atoms with E-state index in [9.17, 15) is 14.4 Å². The third kappa shape index (κ3) is 11.3. The van der Waals surface area contributed by atoms with Crippen LogP contribution >= 0.6 is 0 Å². The molecular weight excluding hydrogens is 610 g/mol. The summed E-state index contributed by atoms with van der Waals surface area (Å²) in [5.74, 6) is -0.331. The summed E-state index contributed by atoms with van der Waals surface area (Å²) in [6, 6.07) is 31.5. The maximum Gasteiger partial charge on any atom is 0.321 e. The number of hydrogen-bond donors (Lipinski definition) is 4. The molecule has 0 aliphatic rings. The summed E-state index contributed by atoms with van der Waals surface area (Å²) in [7, 11) is 1.78. The lowest BCUT2D eigenvalue weighted by Crippen LogP contribution is -2.49. The van der Waals surface area contributed by atoms with E-state index in [1.807, 2.05) is 98.8 Å². The molecule has 1 atom stereocenters. The van der Waals surface area contributed by atoms with Gasteiger partial charge in [-0.2, -0.15) is 0 Å². The van der Waals surface area contributed by atoms with Crippen LogP contribution < -0.4 is 26.6 Å². The first-order valence-electron chi connectivity index (χ1n) is 17.3. The number of carbonyl (C=O) groups is 3. The number of unbranched alkanes of at least 4 members (excludes halogenated alkanes) is 4. The quantitative estimate of drug-likeness (QED) is 0.0688. The molecule has 3 amide bonds. The van der Waals surface area contributed by atoms with Crippen LogP contribution in [-0.4, -0.2) is 49.4 Å². The topological polar surface area (TPSA) is 117 Å². The second-order valence-corrected chi connectivity index (χ2v) is 13.3. The fourth-order valence-electron chi connectivity index (χ4n) is 5.51. The predicted octanol–water partition coefficient (Wildman–Crippen LogP) is 7.58. The highest BCUT2D eigenvalue weighted by Crippen LogP contribution is 2.26. The van der Waals surface area contributed by atoms with Crippen molar-refractivity contribution in [2.75, 3.05) is 30.4 Å². The van der Waals surface area contributed by atoms with Gasteiger partial charge in [-0.15, -0.1) is 0 Å². The van der Waals surface area contributed by atoms with E-state index in [-0.39, 0.29) is 17.7 Å². The molecule has 0 aromatic heterocycles. The standard InChI is InChI=1S/C41H51N5O3/c1-5-6-7-8-14-26-43-40(49)46(4)34-19-15-18-33(28-34)31-24-22-30(23-25-31)27-37(39(48)44-29-41(2,3)42)45-36-21-13-12-20-35(36)38(47)32-16-10-9-11-17-32/h9-13,15-25,28,37,45H,5-8,14,26-27,29,42H2,1-4H3,(H,43,49)(H,44,48)/t37-/m0/s1. The Morgan fingerprint density at radius 1 is 0.776 bits per heavy atom. The Morgan fingerprint density at radius 2 is 1.47 bits per heavy atom. The molecule has 0 radical (unpaired) electrons. The SMILES string of the molecule is CCCCCCCNC(=O)N(C)c1cccc(-c2ccc(C[C@H](Nc3ccccc3C(=O)c3ccccc3)C(=O)NCC(C)(C)N)cc2)c1. The molecule has 4 aromatic rings. The van der Waals surface area contributed by atoms with Gasteiger partial charge in [-0.25, -0.2) is 4.79 Å². The molecule has 0 aliphatic heterocycles. The number of ketones is 1. The molecule has 49 heavy (non-hydrogen) atoms. The van der Waals surface area contributed by atoms with Crippen molar-refractivity contribution in [3.8, 4) is 11.1 Å². The Hall–Kier alpha value is -4.95. The lowest BCUT2D eigenvalue weighted by Gasteiger charge is -2.24. The van der Waals surface area contributed by atoms with Gasteiger partial charge in [0, 0.05) is 54.6 Å². The smallest absolute Gasteiger partial charge is 0.321 e. The fraction of sp³-hybridized carbons (Fsp3) is 0.341. The molecule has 0 aliphatic carbocycles. The Bertz CT molecular complexity index is 1660. The number of nitrogens with one attached hydrogen (secondary N) is 3. The van der Waals surface area contributed by atoms with Gasteiger partial charge in [-0.3, -0.25) is 14.5 Å². The number of carbonyl (C=O) groups excluding carboxylic acids is 3. The van der Waals surface area contributed by atoms with Gasteiger partial charge in [0.2, 0.25) is 5.91 Å². The molecule has 0 heterocycles. The summed E-state index contributed by atoms with van der Waals surface area (Å²) in [5.41, 5.74) is 11.0. The van der Waals surface area contributed by atoms with E-state index < -0.39 is 11.6 Å². The first kappa shape index (κ1) is 36.9. The number of nitrogens with two attached hydrogens (primary N) is 1. The number of para-hydroxylation sites is 1. The zero-order valence-corrected chi connectivity index (χ0v) is 29.3. The van der Waals surface area contributed by atoms with Crippen LogP contribution in [0.3, 0.4) is 0 Å². The summed E-state index contributed by atoms with van der Waals surface area (Å²) < 4.78 is 0. The summed E-state index contributed by atoms with van der Waals surface area (Å²) in [6.07, 6.45) is 6.11. The molecule has 8 nitrogen and oxygen atoms in total. The van der Waals surface area contributed by atoms with Crippen LogP contribution in [0.25, 0.3) is 11.1 Å². The van der Waals surface area contributed by atoms with Gasteiger partial charge in [-0.05, 0) is 61.2 Å². The minimum Gasteiger partial charge on any atom is -0.373 e. The van der Waals surface area contributed by atoms with Gasteiger partial charge in [0.05, 0.1) is 0 Å². The van der Waals surface area contributed by atoms with Crippen molar-refractivity contribution < 1.29 is 14.4 Å². The van der Waals surface area contributed by atoms with E-state index in [2.05, 4.69) is 22.9 Å². The molecule has 0 bridgehead atoms. The average Bonchev–Trinajstić information content (AvgIpc) is 3.11. The molecule has 0 saturated carbocycles. The van der Waals surface area contributed by atoms with E-state index >= 15 is 0 Å². The van der Waals surface area contributed by atoms with E-state index in [1.165, 1.54) is 19.3 Å². The first-order chi connectivity index (χ1) is 23.6. The predicted molar refractivity (Wildman–Crippen MR) is 201 cm³/mol. The number of amides is 3. The zero-order valence-electron chi connectivity index (χ0n) is 29.3. The number of benzene rings is 4. The molecular formula is C41H51N5O3. The molecule has 4 rings (SSSR count). The zero-order chi connectivity index (χ0) is 35.2. The molecule has 4 aromatic carbocycles. The molecule has 8 heteroatoms.